The van der Waals surface area contributed by atoms with Crippen molar-refractivity contribution in [3.8, 4) is 0 Å². The van der Waals surface area contributed by atoms with Gasteiger partial charge in [-0.15, -0.1) is 21.5 Å². The Labute approximate surface area is 169 Å². The van der Waals surface area contributed by atoms with E-state index in [1.165, 1.54) is 23.1 Å². The molecule has 0 radical (unpaired) electrons. The average molecular weight is 419 g/mol. The second kappa shape index (κ2) is 8.98. The maximum atomic E-state index is 12.1. The lowest BCUT2D eigenvalue weighted by Gasteiger charge is -2.09. The molecule has 0 saturated heterocycles. The molecule has 2 aromatic heterocycles. The zero-order valence-electron chi connectivity index (χ0n) is 14.2. The molecule has 0 spiro atoms. The van der Waals surface area contributed by atoms with Crippen LogP contribution in [0.4, 0.5) is 11.5 Å². The summed E-state index contributed by atoms with van der Waals surface area (Å²) in [6.07, 6.45) is 0. The highest BCUT2D eigenvalue weighted by atomic mass is 35.5. The summed E-state index contributed by atoms with van der Waals surface area (Å²) in [5.74, 6) is 0.150. The fraction of sp³-hybridized carbons (Fsp3) is 0.111. The maximum Gasteiger partial charge on any atom is 0.266 e. The molecule has 0 aliphatic rings. The summed E-state index contributed by atoms with van der Waals surface area (Å²) in [7, 11) is 0. The molecule has 0 fully saturated rings. The molecular weight excluding hydrogens is 404 g/mol. The Hall–Kier alpha value is -2.42. The predicted octanol–water partition coefficient (Wildman–Crippen LogP) is 4.48. The summed E-state index contributed by atoms with van der Waals surface area (Å²) in [6, 6.07) is 12.3. The summed E-state index contributed by atoms with van der Waals surface area (Å²) in [5, 5.41) is 16.5. The van der Waals surface area contributed by atoms with Crippen LogP contribution in [0.3, 0.4) is 0 Å². The van der Waals surface area contributed by atoms with Crippen LogP contribution < -0.4 is 10.6 Å². The molecule has 9 heteroatoms. The molecule has 0 aliphatic heterocycles. The molecule has 3 aromatic rings. The number of hydrogen-bond acceptors (Lipinski definition) is 6. The highest BCUT2D eigenvalue weighted by Gasteiger charge is 2.10. The Morgan fingerprint density at radius 1 is 1.11 bits per heavy atom. The number of carbonyl (C=O) groups is 2. The van der Waals surface area contributed by atoms with E-state index in [2.05, 4.69) is 20.8 Å². The smallest absolute Gasteiger partial charge is 0.266 e. The van der Waals surface area contributed by atoms with E-state index in [1.807, 2.05) is 12.3 Å². The van der Waals surface area contributed by atoms with E-state index in [9.17, 15) is 9.59 Å². The van der Waals surface area contributed by atoms with Gasteiger partial charge in [0.15, 0.2) is 5.82 Å². The molecule has 138 valence electrons. The van der Waals surface area contributed by atoms with E-state index in [0.717, 1.165) is 5.56 Å². The number of rotatable bonds is 6. The first-order chi connectivity index (χ1) is 13.0. The highest BCUT2D eigenvalue weighted by Crippen LogP contribution is 2.23. The van der Waals surface area contributed by atoms with Crippen LogP contribution in [0.25, 0.3) is 0 Å². The normalized spacial score (nSPS) is 10.4. The van der Waals surface area contributed by atoms with E-state index < -0.39 is 0 Å². The molecule has 6 nitrogen and oxygen atoms in total. The molecule has 0 saturated carbocycles. The van der Waals surface area contributed by atoms with Gasteiger partial charge in [-0.2, -0.15) is 0 Å². The van der Waals surface area contributed by atoms with Crippen molar-refractivity contribution < 1.29 is 9.59 Å². The van der Waals surface area contributed by atoms with E-state index in [1.54, 1.807) is 42.5 Å². The van der Waals surface area contributed by atoms with Gasteiger partial charge in [-0.3, -0.25) is 9.59 Å². The first kappa shape index (κ1) is 19.3. The zero-order chi connectivity index (χ0) is 19.2. The molecule has 2 N–H and O–H groups in total. The van der Waals surface area contributed by atoms with Crippen molar-refractivity contribution >= 4 is 58.0 Å². The summed E-state index contributed by atoms with van der Waals surface area (Å²) in [5.41, 5.74) is 1.51. The van der Waals surface area contributed by atoms with Gasteiger partial charge in [-0.05, 0) is 48.2 Å². The molecule has 2 heterocycles. The maximum absolute atomic E-state index is 12.1. The summed E-state index contributed by atoms with van der Waals surface area (Å²) >= 11 is 8.65. The summed E-state index contributed by atoms with van der Waals surface area (Å²) in [6.45, 7) is 1.85. The van der Waals surface area contributed by atoms with Crippen LogP contribution in [0.1, 0.15) is 15.2 Å². The van der Waals surface area contributed by atoms with Crippen LogP contribution in [0.15, 0.2) is 52.9 Å². The summed E-state index contributed by atoms with van der Waals surface area (Å²) in [4.78, 5) is 24.7. The third-order valence-electron chi connectivity index (χ3n) is 3.52. The van der Waals surface area contributed by atoms with Crippen molar-refractivity contribution in [1.82, 2.24) is 10.2 Å². The minimum atomic E-state index is -0.226. The Morgan fingerprint density at radius 2 is 1.96 bits per heavy atom. The number of anilines is 2. The van der Waals surface area contributed by atoms with Crippen LogP contribution in [-0.4, -0.2) is 27.8 Å². The number of carbonyl (C=O) groups excluding carboxylic acids is 2. The van der Waals surface area contributed by atoms with Crippen LogP contribution in [-0.2, 0) is 4.79 Å². The van der Waals surface area contributed by atoms with Crippen molar-refractivity contribution in [2.45, 2.75) is 11.9 Å². The standard InChI is InChI=1S/C18H15ClN4O2S2/c1-11-12(19)4-2-5-13(11)20-16(24)10-27-17-8-7-15(22-23-17)21-18(25)14-6-3-9-26-14/h2-9H,10H2,1H3,(H,20,24)(H,21,22,25). The van der Waals surface area contributed by atoms with Gasteiger partial charge in [-0.1, -0.05) is 35.5 Å². The van der Waals surface area contributed by atoms with E-state index >= 15 is 0 Å². The largest absolute Gasteiger partial charge is 0.325 e. The monoisotopic (exact) mass is 418 g/mol. The Bertz CT molecular complexity index is 947. The fourth-order valence-corrected chi connectivity index (χ4v) is 3.53. The number of thioether (sulfide) groups is 1. The third kappa shape index (κ3) is 5.29. The number of aromatic nitrogens is 2. The van der Waals surface area contributed by atoms with Gasteiger partial charge >= 0.3 is 0 Å². The fourth-order valence-electron chi connectivity index (χ4n) is 2.12. The third-order valence-corrected chi connectivity index (χ3v) is 5.72. The van der Waals surface area contributed by atoms with Crippen LogP contribution in [0.5, 0.6) is 0 Å². The van der Waals surface area contributed by atoms with E-state index in [4.69, 9.17) is 11.6 Å². The predicted molar refractivity (Wildman–Crippen MR) is 110 cm³/mol. The molecule has 3 rings (SSSR count). The lowest BCUT2D eigenvalue weighted by atomic mass is 10.2. The molecule has 2 amide bonds. The van der Waals surface area contributed by atoms with Crippen molar-refractivity contribution in [2.24, 2.45) is 0 Å². The Morgan fingerprint density at radius 3 is 2.67 bits per heavy atom. The molecule has 0 atom stereocenters. The van der Waals surface area contributed by atoms with Crippen LogP contribution in [0, 0.1) is 6.92 Å². The molecule has 27 heavy (non-hydrogen) atoms. The van der Waals surface area contributed by atoms with Gasteiger partial charge in [-0.25, -0.2) is 0 Å². The minimum absolute atomic E-state index is 0.165. The quantitative estimate of drug-likeness (QED) is 0.576. The minimum Gasteiger partial charge on any atom is -0.325 e. The zero-order valence-corrected chi connectivity index (χ0v) is 16.6. The summed E-state index contributed by atoms with van der Waals surface area (Å²) < 4.78 is 0. The number of nitrogens with one attached hydrogen (secondary N) is 2. The Balaban J connectivity index is 1.51. The molecule has 0 unspecified atom stereocenters. The SMILES string of the molecule is Cc1c(Cl)cccc1NC(=O)CSc1ccc(NC(=O)c2cccs2)nn1. The number of thiophene rings is 1. The number of nitrogens with zero attached hydrogens (tertiary/aromatic N) is 2. The number of halogens is 1. The first-order valence-corrected chi connectivity index (χ1v) is 10.1. The van der Waals surface area contributed by atoms with Crippen molar-refractivity contribution in [3.05, 3.63) is 63.3 Å². The van der Waals surface area contributed by atoms with E-state index in [-0.39, 0.29) is 17.6 Å². The second-order valence-electron chi connectivity index (χ2n) is 5.44. The topological polar surface area (TPSA) is 84.0 Å². The second-order valence-corrected chi connectivity index (χ2v) is 7.79. The van der Waals surface area contributed by atoms with Crippen molar-refractivity contribution in [2.75, 3.05) is 16.4 Å². The highest BCUT2D eigenvalue weighted by molar-refractivity contribution is 7.99. The lowest BCUT2D eigenvalue weighted by molar-refractivity contribution is -0.113. The lowest BCUT2D eigenvalue weighted by Crippen LogP contribution is -2.15. The number of hydrogen-bond donors (Lipinski definition) is 2. The first-order valence-electron chi connectivity index (χ1n) is 7.89. The number of benzene rings is 1. The Kier molecular flexibility index (Phi) is 6.44. The van der Waals surface area contributed by atoms with Gasteiger partial charge in [0.2, 0.25) is 5.91 Å². The van der Waals surface area contributed by atoms with Gasteiger partial charge in [0, 0.05) is 10.7 Å². The van der Waals surface area contributed by atoms with E-state index in [0.29, 0.717) is 26.4 Å². The van der Waals surface area contributed by atoms with Gasteiger partial charge in [0.25, 0.3) is 5.91 Å². The van der Waals surface area contributed by atoms with Gasteiger partial charge in [0.05, 0.1) is 10.6 Å². The average Bonchev–Trinajstić information content (AvgIpc) is 3.20. The van der Waals surface area contributed by atoms with Gasteiger partial charge in [0.1, 0.15) is 5.03 Å². The number of amides is 2. The van der Waals surface area contributed by atoms with Crippen LogP contribution >= 0.6 is 34.7 Å². The van der Waals surface area contributed by atoms with Crippen molar-refractivity contribution in [3.63, 3.8) is 0 Å². The van der Waals surface area contributed by atoms with Crippen LogP contribution in [0.2, 0.25) is 5.02 Å². The molecule has 0 bridgehead atoms. The van der Waals surface area contributed by atoms with Crippen molar-refractivity contribution in [1.29, 1.82) is 0 Å². The molecule has 1 aromatic carbocycles. The molecule has 0 aliphatic carbocycles. The van der Waals surface area contributed by atoms with Gasteiger partial charge < -0.3 is 10.6 Å². The molecular formula is C18H15ClN4O2S2.